The van der Waals surface area contributed by atoms with Crippen LogP contribution in [0.1, 0.15) is 5.56 Å². The minimum absolute atomic E-state index is 0.0127. The standard InChI is InChI=1S/C21H25N5O5/c1-24(2)17-4-3-5-18(13-17)31-15-21(27)23-22-14-16-6-7-19(20(12-16)26(28)29)25-8-10-30-11-9-25/h3-7,12-14H,8-11,15H2,1-2H3,(H,23,27)/b22-14+. The van der Waals surface area contributed by atoms with E-state index in [0.717, 1.165) is 5.69 Å². The highest BCUT2D eigenvalue weighted by atomic mass is 16.6. The molecule has 1 N–H and O–H groups in total. The van der Waals surface area contributed by atoms with E-state index in [0.29, 0.717) is 43.3 Å². The Kier molecular flexibility index (Phi) is 7.39. The fourth-order valence-corrected chi connectivity index (χ4v) is 3.05. The van der Waals surface area contributed by atoms with Gasteiger partial charge in [-0.05, 0) is 18.2 Å². The number of morpholine rings is 1. The second kappa shape index (κ2) is 10.4. The van der Waals surface area contributed by atoms with E-state index in [9.17, 15) is 14.9 Å². The van der Waals surface area contributed by atoms with Crippen molar-refractivity contribution in [3.63, 3.8) is 0 Å². The van der Waals surface area contributed by atoms with Gasteiger partial charge in [-0.1, -0.05) is 12.1 Å². The molecule has 1 amide bonds. The number of hydrazone groups is 1. The summed E-state index contributed by atoms with van der Waals surface area (Å²) in [5.74, 6) is 0.130. The third-order valence-corrected chi connectivity index (χ3v) is 4.65. The molecule has 10 nitrogen and oxygen atoms in total. The minimum atomic E-state index is -0.439. The normalized spacial score (nSPS) is 13.8. The van der Waals surface area contributed by atoms with Gasteiger partial charge in [0.2, 0.25) is 0 Å². The largest absolute Gasteiger partial charge is 0.484 e. The highest BCUT2D eigenvalue weighted by molar-refractivity contribution is 5.85. The molecule has 2 aromatic carbocycles. The molecule has 0 atom stereocenters. The molecule has 2 aromatic rings. The molecule has 164 valence electrons. The molecule has 10 heteroatoms. The quantitative estimate of drug-likeness (QED) is 0.390. The van der Waals surface area contributed by atoms with Crippen molar-refractivity contribution in [2.75, 3.05) is 56.8 Å². The third kappa shape index (κ3) is 6.16. The van der Waals surface area contributed by atoms with Crippen LogP contribution >= 0.6 is 0 Å². The Morgan fingerprint density at radius 1 is 1.29 bits per heavy atom. The van der Waals surface area contributed by atoms with Crippen LogP contribution in [0.3, 0.4) is 0 Å². The lowest BCUT2D eigenvalue weighted by Gasteiger charge is -2.28. The van der Waals surface area contributed by atoms with Gasteiger partial charge in [-0.15, -0.1) is 0 Å². The van der Waals surface area contributed by atoms with E-state index in [1.807, 2.05) is 42.1 Å². The van der Waals surface area contributed by atoms with Gasteiger partial charge in [0.05, 0.1) is 24.4 Å². The zero-order valence-corrected chi connectivity index (χ0v) is 17.5. The first-order valence-corrected chi connectivity index (χ1v) is 9.77. The second-order valence-corrected chi connectivity index (χ2v) is 7.08. The molecule has 0 spiro atoms. The zero-order chi connectivity index (χ0) is 22.2. The summed E-state index contributed by atoms with van der Waals surface area (Å²) in [6.45, 7) is 2.07. The summed E-state index contributed by atoms with van der Waals surface area (Å²) in [5.41, 5.74) is 4.36. The van der Waals surface area contributed by atoms with Crippen molar-refractivity contribution in [1.29, 1.82) is 0 Å². The Balaban J connectivity index is 1.57. The van der Waals surface area contributed by atoms with Gasteiger partial charge in [0, 0.05) is 50.6 Å². The number of nitro groups is 1. The number of hydrogen-bond donors (Lipinski definition) is 1. The van der Waals surface area contributed by atoms with Crippen LogP contribution in [-0.2, 0) is 9.53 Å². The molecular formula is C21H25N5O5. The number of carbonyl (C=O) groups excluding carboxylic acids is 1. The number of nitro benzene ring substituents is 1. The van der Waals surface area contributed by atoms with Gasteiger partial charge in [0.15, 0.2) is 6.61 Å². The summed E-state index contributed by atoms with van der Waals surface area (Å²) >= 11 is 0. The van der Waals surface area contributed by atoms with Gasteiger partial charge in [-0.2, -0.15) is 5.10 Å². The fourth-order valence-electron chi connectivity index (χ4n) is 3.05. The molecule has 1 aliphatic heterocycles. The first-order valence-electron chi connectivity index (χ1n) is 9.77. The van der Waals surface area contributed by atoms with Gasteiger partial charge in [0.25, 0.3) is 11.6 Å². The predicted octanol–water partition coefficient (Wildman–Crippen LogP) is 2.03. The molecule has 0 bridgehead atoms. The summed E-state index contributed by atoms with van der Waals surface area (Å²) in [6, 6.07) is 12.2. The lowest BCUT2D eigenvalue weighted by atomic mass is 10.1. The average molecular weight is 427 g/mol. The summed E-state index contributed by atoms with van der Waals surface area (Å²) in [5, 5.41) is 15.4. The maximum atomic E-state index is 12.0. The molecule has 1 fully saturated rings. The number of rotatable bonds is 8. The molecule has 1 aliphatic rings. The SMILES string of the molecule is CN(C)c1cccc(OCC(=O)N/N=C/c2ccc(N3CCOCC3)c([N+](=O)[O-])c2)c1. The van der Waals surface area contributed by atoms with Gasteiger partial charge in [-0.3, -0.25) is 14.9 Å². The van der Waals surface area contributed by atoms with Crippen molar-refractivity contribution in [3.05, 3.63) is 58.1 Å². The molecule has 0 aromatic heterocycles. The van der Waals surface area contributed by atoms with E-state index in [1.165, 1.54) is 12.3 Å². The predicted molar refractivity (Wildman–Crippen MR) is 118 cm³/mol. The maximum absolute atomic E-state index is 12.0. The third-order valence-electron chi connectivity index (χ3n) is 4.65. The number of amides is 1. The van der Waals surface area contributed by atoms with E-state index >= 15 is 0 Å². The molecule has 0 saturated carbocycles. The van der Waals surface area contributed by atoms with Crippen LogP contribution in [0, 0.1) is 10.1 Å². The minimum Gasteiger partial charge on any atom is -0.484 e. The number of nitrogens with one attached hydrogen (secondary N) is 1. The summed E-state index contributed by atoms with van der Waals surface area (Å²) in [6.07, 6.45) is 1.36. The Morgan fingerprint density at radius 3 is 2.77 bits per heavy atom. The molecule has 0 radical (unpaired) electrons. The first-order chi connectivity index (χ1) is 14.9. The zero-order valence-electron chi connectivity index (χ0n) is 17.5. The van der Waals surface area contributed by atoms with E-state index in [1.54, 1.807) is 18.2 Å². The van der Waals surface area contributed by atoms with Gasteiger partial charge in [-0.25, -0.2) is 5.43 Å². The number of hydrogen-bond acceptors (Lipinski definition) is 8. The molecule has 31 heavy (non-hydrogen) atoms. The number of nitrogens with zero attached hydrogens (tertiary/aromatic N) is 4. The summed E-state index contributed by atoms with van der Waals surface area (Å²) in [4.78, 5) is 26.9. The average Bonchev–Trinajstić information content (AvgIpc) is 2.78. The van der Waals surface area contributed by atoms with Crippen LogP contribution in [0.4, 0.5) is 17.1 Å². The Morgan fingerprint density at radius 2 is 2.06 bits per heavy atom. The molecule has 1 saturated heterocycles. The van der Waals surface area contributed by atoms with Crippen molar-refractivity contribution < 1.29 is 19.2 Å². The van der Waals surface area contributed by atoms with Crippen LogP contribution in [0.5, 0.6) is 5.75 Å². The van der Waals surface area contributed by atoms with Crippen molar-refractivity contribution in [2.45, 2.75) is 0 Å². The van der Waals surface area contributed by atoms with Crippen LogP contribution in [0.15, 0.2) is 47.6 Å². The van der Waals surface area contributed by atoms with Gasteiger partial charge < -0.3 is 19.3 Å². The highest BCUT2D eigenvalue weighted by Gasteiger charge is 2.21. The monoisotopic (exact) mass is 427 g/mol. The van der Waals surface area contributed by atoms with Crippen molar-refractivity contribution in [2.24, 2.45) is 5.10 Å². The van der Waals surface area contributed by atoms with E-state index < -0.39 is 10.8 Å². The molecule has 0 unspecified atom stereocenters. The van der Waals surface area contributed by atoms with E-state index in [4.69, 9.17) is 9.47 Å². The topological polar surface area (TPSA) is 110 Å². The molecule has 3 rings (SSSR count). The van der Waals surface area contributed by atoms with Crippen molar-refractivity contribution >= 4 is 29.2 Å². The van der Waals surface area contributed by atoms with Gasteiger partial charge in [0.1, 0.15) is 11.4 Å². The number of ether oxygens (including phenoxy) is 2. The lowest BCUT2D eigenvalue weighted by Crippen LogP contribution is -2.36. The second-order valence-electron chi connectivity index (χ2n) is 7.08. The number of anilines is 2. The van der Waals surface area contributed by atoms with Crippen LogP contribution < -0.4 is 20.0 Å². The van der Waals surface area contributed by atoms with E-state index in [2.05, 4.69) is 10.5 Å². The summed E-state index contributed by atoms with van der Waals surface area (Å²) in [7, 11) is 3.83. The lowest BCUT2D eigenvalue weighted by molar-refractivity contribution is -0.384. The van der Waals surface area contributed by atoms with Gasteiger partial charge >= 0.3 is 0 Å². The highest BCUT2D eigenvalue weighted by Crippen LogP contribution is 2.29. The van der Waals surface area contributed by atoms with Crippen LogP contribution in [-0.4, -0.2) is 64.1 Å². The summed E-state index contributed by atoms with van der Waals surface area (Å²) < 4.78 is 10.8. The first kappa shape index (κ1) is 22.0. The van der Waals surface area contributed by atoms with E-state index in [-0.39, 0.29) is 12.3 Å². The number of benzene rings is 2. The Labute approximate surface area is 180 Å². The fraction of sp³-hybridized carbons (Fsp3) is 0.333. The number of carbonyl (C=O) groups is 1. The maximum Gasteiger partial charge on any atom is 0.293 e. The Bertz CT molecular complexity index is 957. The smallest absolute Gasteiger partial charge is 0.293 e. The van der Waals surface area contributed by atoms with Crippen LogP contribution in [0.2, 0.25) is 0 Å². The van der Waals surface area contributed by atoms with Crippen LogP contribution in [0.25, 0.3) is 0 Å². The van der Waals surface area contributed by atoms with Crippen molar-refractivity contribution in [3.8, 4) is 5.75 Å². The Hall–Kier alpha value is -3.66. The molecule has 0 aliphatic carbocycles. The molecule has 1 heterocycles. The molecular weight excluding hydrogens is 402 g/mol. The van der Waals surface area contributed by atoms with Crippen molar-refractivity contribution in [1.82, 2.24) is 5.43 Å².